The average Bonchev–Trinajstić information content (AvgIpc) is 4.02. The molecule has 1 heterocycles. The van der Waals surface area contributed by atoms with Gasteiger partial charge in [0.1, 0.15) is 0 Å². The lowest BCUT2D eigenvalue weighted by Crippen LogP contribution is -2.27. The standard InChI is InChI=1S/C69H55NS/c1-67(2,3)45-35-38-52-53-39-36-46(68(4,5)6)42-61(53)69(60(52)41-45)58-30-17-14-29-56(58)66-59(69)31-20-33-63(66)70(47-37-40-65-57(43-47)55-28-16-19-34-64(55)71-65)62-32-18-15-27-54(62)51-26-13-12-25-50(51)49-24-11-10-23-48(49)44-21-8-7-9-22-44/h7-43H,1-6H3. The molecule has 0 amide bonds. The first kappa shape index (κ1) is 43.3. The molecule has 2 heteroatoms. The average molecular weight is 930 g/mol. The SMILES string of the molecule is CC(C)(C)c1ccc2c(c1)C1(c3cc(C(C)(C)C)ccc3-2)c2ccccc2-c2c(N(c3ccc4sc5ccccc5c4c3)c3ccccc3-c3ccccc3-c3ccccc3-c3ccccc3)cccc21. The van der Waals surface area contributed by atoms with Crippen molar-refractivity contribution >= 4 is 48.6 Å². The first-order valence-corrected chi connectivity index (χ1v) is 25.9. The molecule has 0 atom stereocenters. The van der Waals surface area contributed by atoms with Crippen molar-refractivity contribution in [3.05, 3.63) is 258 Å². The van der Waals surface area contributed by atoms with Crippen molar-refractivity contribution in [3.63, 3.8) is 0 Å². The second kappa shape index (κ2) is 16.1. The van der Waals surface area contributed by atoms with E-state index in [1.807, 2.05) is 11.3 Å². The van der Waals surface area contributed by atoms with Crippen molar-refractivity contribution in [2.24, 2.45) is 0 Å². The van der Waals surface area contributed by atoms with E-state index in [2.05, 4.69) is 271 Å². The summed E-state index contributed by atoms with van der Waals surface area (Å²) in [5.41, 5.74) is 23.3. The molecule has 2 aliphatic carbocycles. The third kappa shape index (κ3) is 6.65. The highest BCUT2D eigenvalue weighted by atomic mass is 32.1. The van der Waals surface area contributed by atoms with Crippen LogP contribution < -0.4 is 4.90 Å². The molecule has 342 valence electrons. The number of anilines is 3. The maximum Gasteiger partial charge on any atom is 0.0726 e. The van der Waals surface area contributed by atoms with Gasteiger partial charge >= 0.3 is 0 Å². The molecule has 1 aromatic heterocycles. The maximum atomic E-state index is 2.59. The van der Waals surface area contributed by atoms with E-state index in [9.17, 15) is 0 Å². The van der Waals surface area contributed by atoms with Crippen LogP contribution in [0, 0.1) is 0 Å². The van der Waals surface area contributed by atoms with E-state index < -0.39 is 5.41 Å². The van der Waals surface area contributed by atoms with Crippen LogP contribution in [0.2, 0.25) is 0 Å². The summed E-state index contributed by atoms with van der Waals surface area (Å²) < 4.78 is 2.59. The van der Waals surface area contributed by atoms with Gasteiger partial charge in [0.2, 0.25) is 0 Å². The topological polar surface area (TPSA) is 3.24 Å². The maximum absolute atomic E-state index is 2.59. The molecule has 10 aromatic carbocycles. The van der Waals surface area contributed by atoms with Crippen LogP contribution in [0.5, 0.6) is 0 Å². The summed E-state index contributed by atoms with van der Waals surface area (Å²) in [5.74, 6) is 0. The number of rotatable bonds is 6. The van der Waals surface area contributed by atoms with Crippen LogP contribution in [0.1, 0.15) is 74.9 Å². The lowest BCUT2D eigenvalue weighted by molar-refractivity contribution is 0.586. The highest BCUT2D eigenvalue weighted by molar-refractivity contribution is 7.25. The van der Waals surface area contributed by atoms with Crippen LogP contribution in [0.3, 0.4) is 0 Å². The normalized spacial score (nSPS) is 13.3. The molecule has 11 aromatic rings. The van der Waals surface area contributed by atoms with E-state index in [1.54, 1.807) is 0 Å². The second-order valence-corrected chi connectivity index (χ2v) is 22.7. The summed E-state index contributed by atoms with van der Waals surface area (Å²) in [5, 5.41) is 2.56. The Bertz CT molecular complexity index is 3850. The van der Waals surface area contributed by atoms with Gasteiger partial charge < -0.3 is 4.90 Å². The fraction of sp³-hybridized carbons (Fsp3) is 0.130. The summed E-state index contributed by atoms with van der Waals surface area (Å²) in [6, 6.07) is 84.9. The zero-order valence-electron chi connectivity index (χ0n) is 41.2. The molecule has 1 spiro atoms. The molecule has 71 heavy (non-hydrogen) atoms. The van der Waals surface area contributed by atoms with Crippen molar-refractivity contribution in [3.8, 4) is 55.6 Å². The quantitative estimate of drug-likeness (QED) is 0.161. The van der Waals surface area contributed by atoms with Gasteiger partial charge in [-0.3, -0.25) is 0 Å². The van der Waals surface area contributed by atoms with Gasteiger partial charge in [0.15, 0.2) is 0 Å². The van der Waals surface area contributed by atoms with Crippen molar-refractivity contribution in [2.45, 2.75) is 57.8 Å². The number of fused-ring (bicyclic) bond motifs is 13. The molecule has 2 aliphatic rings. The molecule has 0 unspecified atom stereocenters. The molecular weight excluding hydrogens is 875 g/mol. The van der Waals surface area contributed by atoms with Crippen LogP contribution in [-0.4, -0.2) is 0 Å². The van der Waals surface area contributed by atoms with E-state index in [4.69, 9.17) is 0 Å². The highest BCUT2D eigenvalue weighted by Crippen LogP contribution is 2.65. The first-order chi connectivity index (χ1) is 34.5. The third-order valence-electron chi connectivity index (χ3n) is 15.4. The summed E-state index contributed by atoms with van der Waals surface area (Å²) >= 11 is 1.87. The fourth-order valence-corrected chi connectivity index (χ4v) is 13.1. The Morgan fingerprint density at radius 3 is 1.52 bits per heavy atom. The van der Waals surface area contributed by atoms with Gasteiger partial charge in [0.05, 0.1) is 16.8 Å². The minimum absolute atomic E-state index is 0.0345. The van der Waals surface area contributed by atoms with Crippen molar-refractivity contribution in [1.82, 2.24) is 0 Å². The van der Waals surface area contributed by atoms with E-state index in [1.165, 1.54) is 109 Å². The number of hydrogen-bond donors (Lipinski definition) is 0. The van der Waals surface area contributed by atoms with E-state index in [0.717, 1.165) is 17.1 Å². The van der Waals surface area contributed by atoms with Crippen molar-refractivity contribution < 1.29 is 0 Å². The lowest BCUT2D eigenvalue weighted by atomic mass is 9.69. The molecule has 0 bridgehead atoms. The van der Waals surface area contributed by atoms with Crippen molar-refractivity contribution in [1.29, 1.82) is 0 Å². The van der Waals surface area contributed by atoms with Gasteiger partial charge in [-0.15, -0.1) is 11.3 Å². The second-order valence-electron chi connectivity index (χ2n) is 21.6. The minimum atomic E-state index is -0.540. The first-order valence-electron chi connectivity index (χ1n) is 25.1. The Morgan fingerprint density at radius 2 is 0.845 bits per heavy atom. The van der Waals surface area contributed by atoms with E-state index in [-0.39, 0.29) is 10.8 Å². The highest BCUT2D eigenvalue weighted by Gasteiger charge is 2.53. The lowest BCUT2D eigenvalue weighted by Gasteiger charge is -2.34. The largest absolute Gasteiger partial charge is 0.309 e. The fourth-order valence-electron chi connectivity index (χ4n) is 12.0. The Kier molecular flexibility index (Phi) is 9.83. The molecule has 0 radical (unpaired) electrons. The Morgan fingerprint density at radius 1 is 0.338 bits per heavy atom. The van der Waals surface area contributed by atoms with Gasteiger partial charge in [-0.25, -0.2) is 0 Å². The number of thiophene rings is 1. The van der Waals surface area contributed by atoms with Gasteiger partial charge in [-0.05, 0) is 125 Å². The predicted molar refractivity (Wildman–Crippen MR) is 304 cm³/mol. The van der Waals surface area contributed by atoms with Gasteiger partial charge in [0, 0.05) is 37.0 Å². The molecule has 0 saturated heterocycles. The summed E-state index contributed by atoms with van der Waals surface area (Å²) in [4.78, 5) is 2.59. The van der Waals surface area contributed by atoms with Crippen LogP contribution >= 0.6 is 11.3 Å². The van der Waals surface area contributed by atoms with E-state index in [0.29, 0.717) is 0 Å². The van der Waals surface area contributed by atoms with Crippen LogP contribution in [0.25, 0.3) is 75.8 Å². The smallest absolute Gasteiger partial charge is 0.0726 e. The number of para-hydroxylation sites is 1. The molecule has 0 fully saturated rings. The monoisotopic (exact) mass is 929 g/mol. The molecule has 0 aliphatic heterocycles. The molecule has 1 nitrogen and oxygen atoms in total. The Hall–Kier alpha value is -7.78. The minimum Gasteiger partial charge on any atom is -0.309 e. The number of benzene rings is 10. The molecule has 0 N–H and O–H groups in total. The molecule has 0 saturated carbocycles. The van der Waals surface area contributed by atoms with Crippen LogP contribution in [-0.2, 0) is 16.2 Å². The summed E-state index contributed by atoms with van der Waals surface area (Å²) in [7, 11) is 0. The zero-order chi connectivity index (χ0) is 48.2. The zero-order valence-corrected chi connectivity index (χ0v) is 42.0. The van der Waals surface area contributed by atoms with Crippen LogP contribution in [0.15, 0.2) is 224 Å². The summed E-state index contributed by atoms with van der Waals surface area (Å²) in [6.45, 7) is 14.1. The van der Waals surface area contributed by atoms with Crippen molar-refractivity contribution in [2.75, 3.05) is 4.90 Å². The van der Waals surface area contributed by atoms with Gasteiger partial charge in [0.25, 0.3) is 0 Å². The third-order valence-corrected chi connectivity index (χ3v) is 16.6. The number of nitrogens with zero attached hydrogens (tertiary/aromatic N) is 1. The number of hydrogen-bond acceptors (Lipinski definition) is 2. The Labute approximate surface area is 422 Å². The molecule has 13 rings (SSSR count). The van der Waals surface area contributed by atoms with Gasteiger partial charge in [-0.2, -0.15) is 0 Å². The van der Waals surface area contributed by atoms with Gasteiger partial charge in [-0.1, -0.05) is 230 Å². The van der Waals surface area contributed by atoms with E-state index >= 15 is 0 Å². The Balaban J connectivity index is 1.12. The van der Waals surface area contributed by atoms with Crippen LogP contribution in [0.4, 0.5) is 17.1 Å². The molecular formula is C69H55NS. The predicted octanol–water partition coefficient (Wildman–Crippen LogP) is 19.5. The summed E-state index contributed by atoms with van der Waals surface area (Å²) in [6.07, 6.45) is 0.